The van der Waals surface area contributed by atoms with E-state index in [1.54, 1.807) is 6.07 Å². The molecule has 1 N–H and O–H groups in total. The van der Waals surface area contributed by atoms with Crippen LogP contribution in [-0.2, 0) is 4.79 Å². The van der Waals surface area contributed by atoms with Crippen LogP contribution in [0.4, 0.5) is 8.78 Å². The van der Waals surface area contributed by atoms with Crippen LogP contribution in [0.3, 0.4) is 0 Å². The van der Waals surface area contributed by atoms with Gasteiger partial charge in [-0.05, 0) is 91.8 Å². The summed E-state index contributed by atoms with van der Waals surface area (Å²) in [5, 5.41) is 10.6. The van der Waals surface area contributed by atoms with Gasteiger partial charge in [0.15, 0.2) is 0 Å². The number of nitrogens with zero attached hydrogens (tertiary/aromatic N) is 1. The summed E-state index contributed by atoms with van der Waals surface area (Å²) in [4.78, 5) is 13.6. The molecule has 1 saturated heterocycles. The van der Waals surface area contributed by atoms with Crippen LogP contribution >= 0.6 is 0 Å². The highest BCUT2D eigenvalue weighted by atomic mass is 19.3. The Morgan fingerprint density at radius 3 is 2.59 bits per heavy atom. The number of aliphatic carboxylic acids is 1. The zero-order valence-corrected chi connectivity index (χ0v) is 20.3. The first-order valence-electron chi connectivity index (χ1n) is 12.8. The van der Waals surface area contributed by atoms with Gasteiger partial charge in [-0.25, -0.2) is 8.78 Å². The average Bonchev–Trinajstić information content (AvgIpc) is 2.80. The minimum absolute atomic E-state index is 0.00443. The van der Waals surface area contributed by atoms with Crippen molar-refractivity contribution in [3.8, 4) is 5.75 Å². The van der Waals surface area contributed by atoms with Crippen LogP contribution in [0.25, 0.3) is 10.8 Å². The van der Waals surface area contributed by atoms with E-state index in [0.29, 0.717) is 17.1 Å². The highest BCUT2D eigenvalue weighted by molar-refractivity contribution is 5.88. The number of rotatable bonds is 8. The van der Waals surface area contributed by atoms with Gasteiger partial charge in [0.1, 0.15) is 5.75 Å². The molecule has 1 heterocycles. The number of carboxylic acids is 1. The van der Waals surface area contributed by atoms with E-state index in [2.05, 4.69) is 18.7 Å². The molecule has 6 heteroatoms. The van der Waals surface area contributed by atoms with E-state index in [9.17, 15) is 18.7 Å². The Hall–Kier alpha value is -2.21. The average molecular weight is 474 g/mol. The predicted octanol–water partition coefficient (Wildman–Crippen LogP) is 7.37. The molecule has 1 aliphatic carbocycles. The van der Waals surface area contributed by atoms with Gasteiger partial charge in [-0.2, -0.15) is 0 Å². The van der Waals surface area contributed by atoms with Crippen molar-refractivity contribution >= 4 is 16.7 Å². The number of halogens is 2. The topological polar surface area (TPSA) is 49.8 Å². The second kappa shape index (κ2) is 11.0. The first-order valence-corrected chi connectivity index (χ1v) is 12.8. The second-order valence-corrected chi connectivity index (χ2v) is 10.3. The second-order valence-electron chi connectivity index (χ2n) is 10.3. The van der Waals surface area contributed by atoms with Crippen molar-refractivity contribution in [1.82, 2.24) is 4.90 Å². The van der Waals surface area contributed by atoms with Crippen molar-refractivity contribution in [3.05, 3.63) is 41.5 Å². The quantitative estimate of drug-likeness (QED) is 0.435. The normalized spacial score (nSPS) is 24.9. The number of carboxylic acid groups (broad SMARTS) is 1. The largest absolute Gasteiger partial charge is 0.490 e. The molecule has 2 aromatic carbocycles. The van der Waals surface area contributed by atoms with Gasteiger partial charge >= 0.3 is 5.97 Å². The number of benzene rings is 2. The van der Waals surface area contributed by atoms with E-state index >= 15 is 0 Å². The molecule has 2 aromatic rings. The molecule has 1 saturated carbocycles. The molecular weight excluding hydrogens is 436 g/mol. The molecule has 2 aliphatic rings. The summed E-state index contributed by atoms with van der Waals surface area (Å²) in [5.41, 5.74) is 1.09. The highest BCUT2D eigenvalue weighted by Gasteiger charge is 2.28. The lowest BCUT2D eigenvalue weighted by Crippen LogP contribution is -2.38. The fraction of sp³-hybridized carbons (Fsp3) is 0.607. The van der Waals surface area contributed by atoms with Gasteiger partial charge in [-0.1, -0.05) is 32.0 Å². The molecule has 0 radical (unpaired) electrons. The molecule has 0 amide bonds. The van der Waals surface area contributed by atoms with Gasteiger partial charge in [0.25, 0.3) is 6.43 Å². The minimum atomic E-state index is -2.60. The van der Waals surface area contributed by atoms with Crippen LogP contribution in [0.5, 0.6) is 5.75 Å². The summed E-state index contributed by atoms with van der Waals surface area (Å²) in [6, 6.07) is 9.59. The lowest BCUT2D eigenvalue weighted by molar-refractivity contribution is -0.138. The Balaban J connectivity index is 1.58. The summed E-state index contributed by atoms with van der Waals surface area (Å²) >= 11 is 0. The third-order valence-electron chi connectivity index (χ3n) is 7.75. The summed E-state index contributed by atoms with van der Waals surface area (Å²) in [6.45, 7) is 6.05. The summed E-state index contributed by atoms with van der Waals surface area (Å²) < 4.78 is 34.5. The fourth-order valence-corrected chi connectivity index (χ4v) is 5.91. The van der Waals surface area contributed by atoms with Crippen LogP contribution in [0.1, 0.15) is 88.8 Å². The highest BCUT2D eigenvalue weighted by Crippen LogP contribution is 2.40. The molecule has 0 bridgehead atoms. The molecule has 0 aromatic heterocycles. The Morgan fingerprint density at radius 2 is 1.91 bits per heavy atom. The maximum absolute atomic E-state index is 14.2. The molecule has 0 unspecified atom stereocenters. The summed E-state index contributed by atoms with van der Waals surface area (Å²) in [7, 11) is 0. The van der Waals surface area contributed by atoms with Crippen molar-refractivity contribution in [2.75, 3.05) is 13.1 Å². The van der Waals surface area contributed by atoms with Crippen molar-refractivity contribution in [2.45, 2.75) is 83.8 Å². The molecule has 0 spiro atoms. The van der Waals surface area contributed by atoms with Gasteiger partial charge in [0, 0.05) is 19.0 Å². The zero-order chi connectivity index (χ0) is 24.2. The standard InChI is InChI=1S/C28H37F2NO3/c1-3-24(31-14-4-5-19(17-31)15-26(32)33)21-8-12-23-20(16-21)9-13-25(27(23)28(29)30)34-22-10-6-18(2)7-11-22/h8-9,12-13,16,18-19,22,24,28H,3-7,10-11,14-15,17H2,1-2H3,(H,32,33)/t18?,19-,22?,24+/m1/s1. The maximum atomic E-state index is 14.2. The fourth-order valence-electron chi connectivity index (χ4n) is 5.91. The first kappa shape index (κ1) is 24.9. The van der Waals surface area contributed by atoms with E-state index < -0.39 is 12.4 Å². The van der Waals surface area contributed by atoms with Crippen molar-refractivity contribution in [2.24, 2.45) is 11.8 Å². The maximum Gasteiger partial charge on any atom is 0.303 e. The van der Waals surface area contributed by atoms with Gasteiger partial charge in [0.2, 0.25) is 0 Å². The number of alkyl halides is 2. The Morgan fingerprint density at radius 1 is 1.15 bits per heavy atom. The molecule has 4 nitrogen and oxygen atoms in total. The van der Waals surface area contributed by atoms with E-state index in [0.717, 1.165) is 69.0 Å². The van der Waals surface area contributed by atoms with Crippen molar-refractivity contribution in [1.29, 1.82) is 0 Å². The molecule has 34 heavy (non-hydrogen) atoms. The van der Waals surface area contributed by atoms with E-state index in [1.807, 2.05) is 24.3 Å². The lowest BCUT2D eigenvalue weighted by atomic mass is 9.89. The smallest absolute Gasteiger partial charge is 0.303 e. The number of likely N-dealkylation sites (tertiary alicyclic amines) is 1. The number of hydrogen-bond donors (Lipinski definition) is 1. The minimum Gasteiger partial charge on any atom is -0.490 e. The number of piperidine rings is 1. The molecule has 2 atom stereocenters. The van der Waals surface area contributed by atoms with Gasteiger partial charge in [-0.3, -0.25) is 9.69 Å². The van der Waals surface area contributed by atoms with Gasteiger partial charge in [-0.15, -0.1) is 0 Å². The molecule has 1 aliphatic heterocycles. The Kier molecular flexibility index (Phi) is 8.07. The van der Waals surface area contributed by atoms with Crippen LogP contribution in [0.2, 0.25) is 0 Å². The Bertz CT molecular complexity index is 987. The Labute approximate surface area is 201 Å². The van der Waals surface area contributed by atoms with Crippen molar-refractivity contribution < 1.29 is 23.4 Å². The number of ether oxygens (including phenoxy) is 1. The molecule has 186 valence electrons. The van der Waals surface area contributed by atoms with Crippen LogP contribution in [-0.4, -0.2) is 35.2 Å². The van der Waals surface area contributed by atoms with E-state index in [-0.39, 0.29) is 30.0 Å². The number of fused-ring (bicyclic) bond motifs is 1. The lowest BCUT2D eigenvalue weighted by Gasteiger charge is -2.38. The SMILES string of the molecule is CC[C@@H](c1ccc2c(C(F)F)c(OC3CCC(C)CC3)ccc2c1)N1CCC[C@H](CC(=O)O)C1. The third kappa shape index (κ3) is 5.70. The van der Waals surface area contributed by atoms with E-state index in [4.69, 9.17) is 4.74 Å². The number of carbonyl (C=O) groups is 1. The predicted molar refractivity (Wildman–Crippen MR) is 131 cm³/mol. The third-order valence-corrected chi connectivity index (χ3v) is 7.75. The summed E-state index contributed by atoms with van der Waals surface area (Å²) in [6.07, 6.45) is 4.40. The van der Waals surface area contributed by atoms with Gasteiger partial charge < -0.3 is 9.84 Å². The molecule has 4 rings (SSSR count). The van der Waals surface area contributed by atoms with Crippen LogP contribution < -0.4 is 4.74 Å². The molecule has 2 fully saturated rings. The molecular formula is C28H37F2NO3. The monoisotopic (exact) mass is 473 g/mol. The zero-order valence-electron chi connectivity index (χ0n) is 20.3. The van der Waals surface area contributed by atoms with Crippen molar-refractivity contribution in [3.63, 3.8) is 0 Å². The number of hydrogen-bond acceptors (Lipinski definition) is 3. The first-order chi connectivity index (χ1) is 16.4. The van der Waals surface area contributed by atoms with Gasteiger partial charge in [0.05, 0.1) is 11.7 Å². The summed E-state index contributed by atoms with van der Waals surface area (Å²) in [5.74, 6) is 0.407. The van der Waals surface area contributed by atoms with Crippen LogP contribution in [0.15, 0.2) is 30.3 Å². The van der Waals surface area contributed by atoms with E-state index in [1.165, 1.54) is 0 Å². The van der Waals surface area contributed by atoms with Crippen LogP contribution in [0, 0.1) is 11.8 Å².